The lowest BCUT2D eigenvalue weighted by molar-refractivity contribution is -0.131. The monoisotopic (exact) mass is 464 g/mol. The standard InChI is InChI=1S/C25H28N4O5/c1-27-20-9-4-3-8-19(20)23(31)22(25(27)33)24(32)26-11-10-21(30)29-14-12-28(13-15-29)17-6-5-7-18(16-17)34-2/h3-9,16,31H,10-15H2,1-2H3,(H,26,32). The maximum atomic E-state index is 12.7. The van der Waals surface area contributed by atoms with Crippen LogP contribution in [-0.4, -0.2) is 66.2 Å². The van der Waals surface area contributed by atoms with Crippen molar-refractivity contribution >= 4 is 28.4 Å². The van der Waals surface area contributed by atoms with Gasteiger partial charge in [0.25, 0.3) is 11.5 Å². The molecular weight excluding hydrogens is 436 g/mol. The van der Waals surface area contributed by atoms with Crippen LogP contribution in [0.3, 0.4) is 0 Å². The molecule has 2 heterocycles. The fraction of sp³-hybridized carbons (Fsp3) is 0.320. The molecule has 2 aromatic carbocycles. The van der Waals surface area contributed by atoms with Gasteiger partial charge in [-0.1, -0.05) is 18.2 Å². The van der Waals surface area contributed by atoms with E-state index in [4.69, 9.17) is 4.74 Å². The SMILES string of the molecule is COc1cccc(N2CCN(C(=O)CCNC(=O)c3c(O)c4ccccc4n(C)c3=O)CC2)c1. The summed E-state index contributed by atoms with van der Waals surface area (Å²) in [5.74, 6) is -0.323. The summed E-state index contributed by atoms with van der Waals surface area (Å²) < 4.78 is 6.61. The van der Waals surface area contributed by atoms with Crippen LogP contribution in [0.2, 0.25) is 0 Å². The fourth-order valence-electron chi connectivity index (χ4n) is 4.23. The maximum absolute atomic E-state index is 12.7. The number of hydrogen-bond donors (Lipinski definition) is 2. The first-order valence-electron chi connectivity index (χ1n) is 11.2. The average Bonchev–Trinajstić information content (AvgIpc) is 2.87. The molecule has 2 N–H and O–H groups in total. The minimum atomic E-state index is -0.695. The van der Waals surface area contributed by atoms with E-state index in [1.165, 1.54) is 4.57 Å². The van der Waals surface area contributed by atoms with Gasteiger partial charge in [-0.15, -0.1) is 0 Å². The topological polar surface area (TPSA) is 104 Å². The van der Waals surface area contributed by atoms with Crippen LogP contribution in [0.4, 0.5) is 5.69 Å². The van der Waals surface area contributed by atoms with Crippen molar-refractivity contribution in [3.8, 4) is 11.5 Å². The van der Waals surface area contributed by atoms with Crippen LogP contribution >= 0.6 is 0 Å². The number of piperazine rings is 1. The Kier molecular flexibility index (Phi) is 6.72. The van der Waals surface area contributed by atoms with Crippen molar-refractivity contribution in [1.82, 2.24) is 14.8 Å². The van der Waals surface area contributed by atoms with Crippen molar-refractivity contribution in [1.29, 1.82) is 0 Å². The third kappa shape index (κ3) is 4.54. The number of rotatable bonds is 6. The Balaban J connectivity index is 1.32. The number of aromatic nitrogens is 1. The van der Waals surface area contributed by atoms with Crippen molar-refractivity contribution in [2.75, 3.05) is 44.7 Å². The molecule has 178 valence electrons. The first-order chi connectivity index (χ1) is 16.4. The van der Waals surface area contributed by atoms with Gasteiger partial charge in [0.2, 0.25) is 5.91 Å². The first kappa shape index (κ1) is 23.2. The Bertz CT molecular complexity index is 1280. The molecule has 1 aromatic heterocycles. The number of nitrogens with zero attached hydrogens (tertiary/aromatic N) is 3. The van der Waals surface area contributed by atoms with Crippen LogP contribution < -0.4 is 20.5 Å². The molecule has 1 saturated heterocycles. The van der Waals surface area contributed by atoms with Crippen LogP contribution in [0, 0.1) is 0 Å². The molecule has 2 amide bonds. The molecule has 0 spiro atoms. The van der Waals surface area contributed by atoms with E-state index in [9.17, 15) is 19.5 Å². The molecule has 0 saturated carbocycles. The summed E-state index contributed by atoms with van der Waals surface area (Å²) in [6.07, 6.45) is 0.111. The Labute approximate surface area is 197 Å². The van der Waals surface area contributed by atoms with Gasteiger partial charge in [0.15, 0.2) is 0 Å². The lowest BCUT2D eigenvalue weighted by Crippen LogP contribution is -2.49. The molecule has 0 radical (unpaired) electrons. The van der Waals surface area contributed by atoms with Crippen LogP contribution in [0.25, 0.3) is 10.9 Å². The zero-order valence-electron chi connectivity index (χ0n) is 19.3. The maximum Gasteiger partial charge on any atom is 0.267 e. The summed E-state index contributed by atoms with van der Waals surface area (Å²) in [5, 5.41) is 13.5. The lowest BCUT2D eigenvalue weighted by atomic mass is 10.1. The lowest BCUT2D eigenvalue weighted by Gasteiger charge is -2.36. The van der Waals surface area contributed by atoms with Crippen molar-refractivity contribution in [3.63, 3.8) is 0 Å². The number of anilines is 1. The Morgan fingerprint density at radius 2 is 1.79 bits per heavy atom. The molecule has 1 aliphatic rings. The third-order valence-corrected chi connectivity index (χ3v) is 6.18. The highest BCUT2D eigenvalue weighted by molar-refractivity contribution is 6.02. The van der Waals surface area contributed by atoms with E-state index >= 15 is 0 Å². The number of aryl methyl sites for hydroxylation is 1. The second kappa shape index (κ2) is 9.86. The molecule has 1 aliphatic heterocycles. The second-order valence-electron chi connectivity index (χ2n) is 8.18. The summed E-state index contributed by atoms with van der Waals surface area (Å²) in [7, 11) is 3.18. The number of pyridine rings is 1. The zero-order valence-corrected chi connectivity index (χ0v) is 19.3. The van der Waals surface area contributed by atoms with Crippen LogP contribution in [-0.2, 0) is 11.8 Å². The molecule has 0 unspecified atom stereocenters. The Morgan fingerprint density at radius 3 is 2.53 bits per heavy atom. The summed E-state index contributed by atoms with van der Waals surface area (Å²) in [6.45, 7) is 2.63. The predicted octanol–water partition coefficient (Wildman–Crippen LogP) is 1.72. The number of nitrogens with one attached hydrogen (secondary N) is 1. The van der Waals surface area contributed by atoms with Gasteiger partial charge < -0.3 is 29.5 Å². The minimum absolute atomic E-state index is 0.0683. The molecular formula is C25H28N4O5. The summed E-state index contributed by atoms with van der Waals surface area (Å²) in [4.78, 5) is 41.9. The second-order valence-corrected chi connectivity index (χ2v) is 8.18. The number of ether oxygens (including phenoxy) is 1. The highest BCUT2D eigenvalue weighted by atomic mass is 16.5. The number of benzene rings is 2. The normalized spacial score (nSPS) is 13.7. The van der Waals surface area contributed by atoms with Crippen molar-refractivity contribution in [3.05, 3.63) is 64.4 Å². The van der Waals surface area contributed by atoms with Crippen molar-refractivity contribution in [2.24, 2.45) is 7.05 Å². The number of carbonyl (C=O) groups is 2. The quantitative estimate of drug-likeness (QED) is 0.576. The molecule has 0 aliphatic carbocycles. The van der Waals surface area contributed by atoms with Crippen molar-refractivity contribution in [2.45, 2.75) is 6.42 Å². The van der Waals surface area contributed by atoms with Gasteiger partial charge >= 0.3 is 0 Å². The summed E-state index contributed by atoms with van der Waals surface area (Å²) in [6, 6.07) is 14.6. The molecule has 34 heavy (non-hydrogen) atoms. The minimum Gasteiger partial charge on any atom is -0.506 e. The van der Waals surface area contributed by atoms with Crippen molar-refractivity contribution < 1.29 is 19.4 Å². The van der Waals surface area contributed by atoms with Gasteiger partial charge in [-0.25, -0.2) is 0 Å². The van der Waals surface area contributed by atoms with E-state index in [0.29, 0.717) is 37.1 Å². The van der Waals surface area contributed by atoms with E-state index < -0.39 is 11.5 Å². The van der Waals surface area contributed by atoms with E-state index in [-0.39, 0.29) is 30.2 Å². The highest BCUT2D eigenvalue weighted by Crippen LogP contribution is 2.25. The fourth-order valence-corrected chi connectivity index (χ4v) is 4.23. The Hall–Kier alpha value is -4.01. The van der Waals surface area contributed by atoms with Gasteiger partial charge in [-0.2, -0.15) is 0 Å². The molecule has 0 atom stereocenters. The van der Waals surface area contributed by atoms with Gasteiger partial charge in [0, 0.05) is 63.3 Å². The number of para-hydroxylation sites is 1. The number of aromatic hydroxyl groups is 1. The summed E-state index contributed by atoms with van der Waals surface area (Å²) in [5.41, 5.74) is 0.676. The highest BCUT2D eigenvalue weighted by Gasteiger charge is 2.23. The molecule has 9 nitrogen and oxygen atoms in total. The van der Waals surface area contributed by atoms with Gasteiger partial charge in [0.1, 0.15) is 17.1 Å². The smallest absolute Gasteiger partial charge is 0.267 e. The number of methoxy groups -OCH3 is 1. The molecule has 1 fully saturated rings. The molecule has 4 rings (SSSR count). The molecule has 9 heteroatoms. The van der Waals surface area contributed by atoms with Gasteiger partial charge in [0.05, 0.1) is 12.6 Å². The van der Waals surface area contributed by atoms with E-state index in [0.717, 1.165) is 11.4 Å². The number of carbonyl (C=O) groups excluding carboxylic acids is 2. The third-order valence-electron chi connectivity index (χ3n) is 6.18. The van der Waals surface area contributed by atoms with Crippen LogP contribution in [0.1, 0.15) is 16.8 Å². The number of amides is 2. The van der Waals surface area contributed by atoms with E-state index in [1.54, 1.807) is 43.3 Å². The van der Waals surface area contributed by atoms with E-state index in [2.05, 4.69) is 10.2 Å². The summed E-state index contributed by atoms with van der Waals surface area (Å²) >= 11 is 0. The zero-order chi connectivity index (χ0) is 24.2. The first-order valence-corrected chi connectivity index (χ1v) is 11.2. The predicted molar refractivity (Wildman–Crippen MR) is 130 cm³/mol. The van der Waals surface area contributed by atoms with Crippen LogP contribution in [0.15, 0.2) is 53.3 Å². The molecule has 3 aromatic rings. The van der Waals surface area contributed by atoms with Crippen LogP contribution in [0.5, 0.6) is 11.5 Å². The largest absolute Gasteiger partial charge is 0.506 e. The number of hydrogen-bond acceptors (Lipinski definition) is 6. The molecule has 0 bridgehead atoms. The number of fused-ring (bicyclic) bond motifs is 1. The van der Waals surface area contributed by atoms with Gasteiger partial charge in [-0.3, -0.25) is 14.4 Å². The average molecular weight is 465 g/mol. The Morgan fingerprint density at radius 1 is 1.06 bits per heavy atom. The van der Waals surface area contributed by atoms with Gasteiger partial charge in [-0.05, 0) is 24.3 Å². The van der Waals surface area contributed by atoms with E-state index in [1.807, 2.05) is 24.3 Å².